The number of fused-ring (bicyclic) bond motifs is 1. The molecule has 0 radical (unpaired) electrons. The molecule has 0 spiro atoms. The molecule has 1 aliphatic heterocycles. The number of amides is 1. The number of halogens is 1. The lowest BCUT2D eigenvalue weighted by Crippen LogP contribution is -2.50. The Bertz CT molecular complexity index is 932. The van der Waals surface area contributed by atoms with Crippen LogP contribution in [0.25, 0.3) is 0 Å². The number of anilines is 1. The molecule has 2 aromatic rings. The maximum atomic E-state index is 13.2. The van der Waals surface area contributed by atoms with Gasteiger partial charge in [-0.3, -0.25) is 4.79 Å². The number of nitrogens with one attached hydrogen (secondary N) is 2. The standard InChI is InChI=1S/C22H25ClN4OS/c1-4-8-14(2)24-22(29)26-20-21(28)27(3)18-12-11-16(23)13-17(18)19(25-20)15-9-6-5-7-10-15/h5-7,9-14,20H,4,8H2,1-3H3,(H2,24,26,29). The summed E-state index contributed by atoms with van der Waals surface area (Å²) in [6, 6.07) is 15.4. The van der Waals surface area contributed by atoms with E-state index in [4.69, 9.17) is 28.8 Å². The largest absolute Gasteiger partial charge is 0.360 e. The van der Waals surface area contributed by atoms with Gasteiger partial charge in [0.1, 0.15) is 0 Å². The average Bonchev–Trinajstić information content (AvgIpc) is 2.79. The third-order valence-corrected chi connectivity index (χ3v) is 5.28. The first-order chi connectivity index (χ1) is 13.9. The molecule has 7 heteroatoms. The number of benzene rings is 2. The quantitative estimate of drug-likeness (QED) is 0.703. The number of benzodiazepines with no additional fused rings is 1. The van der Waals surface area contributed by atoms with Crippen LogP contribution >= 0.6 is 23.8 Å². The molecule has 2 N–H and O–H groups in total. The zero-order valence-corrected chi connectivity index (χ0v) is 18.3. The van der Waals surface area contributed by atoms with Gasteiger partial charge in [-0.15, -0.1) is 0 Å². The second kappa shape index (κ2) is 9.37. The van der Waals surface area contributed by atoms with Crippen molar-refractivity contribution >= 4 is 46.2 Å². The molecule has 152 valence electrons. The third-order valence-electron chi connectivity index (χ3n) is 4.81. The number of thiocarbonyl (C=S) groups is 1. The molecule has 0 fully saturated rings. The molecule has 1 amide bonds. The van der Waals surface area contributed by atoms with Crippen LogP contribution in [0, 0.1) is 0 Å². The SMILES string of the molecule is CCCC(C)NC(=S)NC1N=C(c2ccccc2)c2cc(Cl)ccc2N(C)C1=O. The van der Waals surface area contributed by atoms with Crippen molar-refractivity contribution in [1.29, 1.82) is 0 Å². The summed E-state index contributed by atoms with van der Waals surface area (Å²) in [5.41, 5.74) is 3.17. The predicted molar refractivity (Wildman–Crippen MR) is 124 cm³/mol. The number of nitrogens with zero attached hydrogens (tertiary/aromatic N) is 2. The molecule has 5 nitrogen and oxygen atoms in total. The molecule has 0 saturated carbocycles. The van der Waals surface area contributed by atoms with Gasteiger partial charge in [0, 0.05) is 29.2 Å². The maximum Gasteiger partial charge on any atom is 0.272 e. The van der Waals surface area contributed by atoms with E-state index in [1.165, 1.54) is 0 Å². The van der Waals surface area contributed by atoms with E-state index < -0.39 is 6.17 Å². The van der Waals surface area contributed by atoms with Crippen LogP contribution in [-0.4, -0.2) is 36.0 Å². The Morgan fingerprint density at radius 3 is 2.69 bits per heavy atom. The Labute approximate surface area is 182 Å². The molecular formula is C22H25ClN4OS. The third kappa shape index (κ3) is 4.95. The number of aliphatic imine (C=N–C) groups is 1. The van der Waals surface area contributed by atoms with E-state index >= 15 is 0 Å². The van der Waals surface area contributed by atoms with Crippen molar-refractivity contribution in [2.75, 3.05) is 11.9 Å². The van der Waals surface area contributed by atoms with Gasteiger partial charge in [0.15, 0.2) is 5.11 Å². The summed E-state index contributed by atoms with van der Waals surface area (Å²) in [7, 11) is 1.74. The van der Waals surface area contributed by atoms with Crippen LogP contribution in [0.3, 0.4) is 0 Å². The van der Waals surface area contributed by atoms with Gasteiger partial charge in [0.2, 0.25) is 6.17 Å². The summed E-state index contributed by atoms with van der Waals surface area (Å²) in [6.45, 7) is 4.19. The van der Waals surface area contributed by atoms with Crippen LogP contribution < -0.4 is 15.5 Å². The van der Waals surface area contributed by atoms with Crippen molar-refractivity contribution < 1.29 is 4.79 Å². The van der Waals surface area contributed by atoms with Crippen molar-refractivity contribution in [3.63, 3.8) is 0 Å². The highest BCUT2D eigenvalue weighted by atomic mass is 35.5. The first kappa shape index (κ1) is 21.3. The van der Waals surface area contributed by atoms with Gasteiger partial charge in [-0.2, -0.15) is 0 Å². The summed E-state index contributed by atoms with van der Waals surface area (Å²) in [5, 5.41) is 7.32. The summed E-state index contributed by atoms with van der Waals surface area (Å²) < 4.78 is 0. The van der Waals surface area contributed by atoms with Crippen molar-refractivity contribution in [1.82, 2.24) is 10.6 Å². The number of rotatable bonds is 5. The molecule has 0 saturated heterocycles. The second-order valence-electron chi connectivity index (χ2n) is 7.11. The van der Waals surface area contributed by atoms with Crippen LogP contribution in [0.15, 0.2) is 53.5 Å². The molecule has 0 bridgehead atoms. The lowest BCUT2D eigenvalue weighted by Gasteiger charge is -2.23. The van der Waals surface area contributed by atoms with E-state index in [1.54, 1.807) is 18.0 Å². The van der Waals surface area contributed by atoms with Gasteiger partial charge in [-0.25, -0.2) is 4.99 Å². The fourth-order valence-corrected chi connectivity index (χ4v) is 3.85. The summed E-state index contributed by atoms with van der Waals surface area (Å²) in [5.74, 6) is -0.188. The van der Waals surface area contributed by atoms with E-state index in [0.717, 1.165) is 29.7 Å². The van der Waals surface area contributed by atoms with Gasteiger partial charge in [-0.1, -0.05) is 55.3 Å². The Morgan fingerprint density at radius 2 is 2.00 bits per heavy atom. The fraction of sp³-hybridized carbons (Fsp3) is 0.318. The van der Waals surface area contributed by atoms with Crippen LogP contribution in [0.4, 0.5) is 5.69 Å². The molecule has 1 aliphatic rings. The monoisotopic (exact) mass is 428 g/mol. The number of hydrogen-bond acceptors (Lipinski definition) is 3. The van der Waals surface area contributed by atoms with Crippen LogP contribution in [0.2, 0.25) is 5.02 Å². The highest BCUT2D eigenvalue weighted by Crippen LogP contribution is 2.29. The van der Waals surface area contributed by atoms with Crippen LogP contribution in [0.1, 0.15) is 37.8 Å². The van der Waals surface area contributed by atoms with Crippen molar-refractivity contribution in [3.05, 3.63) is 64.7 Å². The lowest BCUT2D eigenvalue weighted by atomic mass is 10.0. The summed E-state index contributed by atoms with van der Waals surface area (Å²) >= 11 is 11.7. The first-order valence-corrected chi connectivity index (χ1v) is 10.5. The highest BCUT2D eigenvalue weighted by molar-refractivity contribution is 7.80. The molecule has 3 rings (SSSR count). The predicted octanol–water partition coefficient (Wildman–Crippen LogP) is 4.13. The van der Waals surface area contributed by atoms with Crippen molar-refractivity contribution in [2.45, 2.75) is 38.9 Å². The van der Waals surface area contributed by atoms with E-state index in [1.807, 2.05) is 42.5 Å². The van der Waals surface area contributed by atoms with Gasteiger partial charge in [0.05, 0.1) is 11.4 Å². The van der Waals surface area contributed by atoms with E-state index in [9.17, 15) is 4.79 Å². The van der Waals surface area contributed by atoms with Gasteiger partial charge in [0.25, 0.3) is 5.91 Å². The minimum atomic E-state index is -0.838. The Balaban J connectivity index is 2.01. The summed E-state index contributed by atoms with van der Waals surface area (Å²) in [4.78, 5) is 19.5. The first-order valence-electron chi connectivity index (χ1n) is 9.68. The normalized spacial score (nSPS) is 17.1. The number of carbonyl (C=O) groups excluding carboxylic acids is 1. The number of hydrogen-bond donors (Lipinski definition) is 2. The van der Waals surface area contributed by atoms with E-state index in [2.05, 4.69) is 24.5 Å². The minimum absolute atomic E-state index is 0.188. The van der Waals surface area contributed by atoms with Crippen molar-refractivity contribution in [3.8, 4) is 0 Å². The number of likely N-dealkylation sites (N-methyl/N-ethyl adjacent to an activating group) is 1. The van der Waals surface area contributed by atoms with Crippen LogP contribution in [0.5, 0.6) is 0 Å². The maximum absolute atomic E-state index is 13.2. The Morgan fingerprint density at radius 1 is 1.28 bits per heavy atom. The molecule has 29 heavy (non-hydrogen) atoms. The molecule has 2 unspecified atom stereocenters. The molecular weight excluding hydrogens is 404 g/mol. The van der Waals surface area contributed by atoms with Crippen molar-refractivity contribution in [2.24, 2.45) is 4.99 Å². The average molecular weight is 429 g/mol. The topological polar surface area (TPSA) is 56.7 Å². The van der Waals surface area contributed by atoms with E-state index in [-0.39, 0.29) is 11.9 Å². The van der Waals surface area contributed by atoms with Gasteiger partial charge in [-0.05, 0) is 43.8 Å². The molecule has 0 aromatic heterocycles. The fourth-order valence-electron chi connectivity index (χ4n) is 3.36. The second-order valence-corrected chi connectivity index (χ2v) is 7.96. The Kier molecular flexibility index (Phi) is 6.87. The smallest absolute Gasteiger partial charge is 0.272 e. The molecule has 2 aromatic carbocycles. The molecule has 0 aliphatic carbocycles. The highest BCUT2D eigenvalue weighted by Gasteiger charge is 2.30. The zero-order valence-electron chi connectivity index (χ0n) is 16.8. The minimum Gasteiger partial charge on any atom is -0.360 e. The number of carbonyl (C=O) groups is 1. The molecule has 2 atom stereocenters. The van der Waals surface area contributed by atoms with E-state index in [0.29, 0.717) is 15.8 Å². The van der Waals surface area contributed by atoms with Crippen LogP contribution in [-0.2, 0) is 4.79 Å². The Hall–Kier alpha value is -2.44. The van der Waals surface area contributed by atoms with Gasteiger partial charge < -0.3 is 15.5 Å². The van der Waals surface area contributed by atoms with Gasteiger partial charge >= 0.3 is 0 Å². The molecule has 1 heterocycles. The summed E-state index contributed by atoms with van der Waals surface area (Å²) in [6.07, 6.45) is 1.20. The zero-order chi connectivity index (χ0) is 21.0. The lowest BCUT2D eigenvalue weighted by molar-refractivity contribution is -0.119.